The number of rotatable bonds is 15. The highest BCUT2D eigenvalue weighted by Crippen LogP contribution is 2.39. The van der Waals surface area contributed by atoms with Crippen LogP contribution in [0.4, 0.5) is 0 Å². The Morgan fingerprint density at radius 2 is 1.07 bits per heavy atom. The highest BCUT2D eigenvalue weighted by Gasteiger charge is 2.49. The van der Waals surface area contributed by atoms with E-state index in [4.69, 9.17) is 25.1 Å². The molecule has 0 radical (unpaired) electrons. The van der Waals surface area contributed by atoms with Crippen molar-refractivity contribution in [1.29, 1.82) is 0 Å². The molecule has 2 aliphatic carbocycles. The van der Waals surface area contributed by atoms with Crippen LogP contribution in [0.15, 0.2) is 91.0 Å². The highest BCUT2D eigenvalue weighted by molar-refractivity contribution is 5.78. The fourth-order valence-corrected chi connectivity index (χ4v) is 7.40. The maximum atomic E-state index is 13.4. The monoisotopic (exact) mass is 760 g/mol. The molecule has 0 bridgehead atoms. The van der Waals surface area contributed by atoms with Crippen molar-refractivity contribution in [2.24, 2.45) is 17.6 Å². The Hall–Kier alpha value is -4.62. The number of benzene rings is 3. The van der Waals surface area contributed by atoms with E-state index in [-0.39, 0.29) is 44.5 Å². The van der Waals surface area contributed by atoms with Crippen molar-refractivity contribution in [1.82, 2.24) is 4.90 Å². The quantitative estimate of drug-likeness (QED) is 0.118. The van der Waals surface area contributed by atoms with Crippen LogP contribution in [-0.4, -0.2) is 80.6 Å². The summed E-state index contributed by atoms with van der Waals surface area (Å²) < 4.78 is 15.8. The third kappa shape index (κ3) is 12.4. The summed E-state index contributed by atoms with van der Waals surface area (Å²) in [6.07, 6.45) is 2.60. The predicted octanol–water partition coefficient (Wildman–Crippen LogP) is 5.17. The minimum absolute atomic E-state index is 0.209. The molecule has 2 aliphatic rings. The smallest absolute Gasteiger partial charge is 0.326 e. The predicted molar refractivity (Wildman–Crippen MR) is 205 cm³/mol. The molecular weight excluding hydrogens is 704 g/mol. The summed E-state index contributed by atoms with van der Waals surface area (Å²) in [5.74, 6) is -2.95. The van der Waals surface area contributed by atoms with E-state index in [1.807, 2.05) is 95.9 Å². The number of nitrogens with two attached hydrogens (primary N) is 1. The van der Waals surface area contributed by atoms with Crippen molar-refractivity contribution in [2.45, 2.75) is 108 Å². The Balaban J connectivity index is 0.000000332. The molecule has 2 atom stereocenters. The number of aliphatic carboxylic acids is 1. The van der Waals surface area contributed by atoms with E-state index in [0.717, 1.165) is 16.7 Å². The van der Waals surface area contributed by atoms with Crippen LogP contribution in [0.2, 0.25) is 0 Å². The van der Waals surface area contributed by atoms with E-state index in [1.165, 1.54) is 0 Å². The van der Waals surface area contributed by atoms with E-state index < -0.39 is 47.1 Å². The Morgan fingerprint density at radius 1 is 0.655 bits per heavy atom. The third-order valence-electron chi connectivity index (χ3n) is 10.6. The molecule has 2 unspecified atom stereocenters. The van der Waals surface area contributed by atoms with Gasteiger partial charge in [0.2, 0.25) is 0 Å². The molecule has 2 saturated carbocycles. The van der Waals surface area contributed by atoms with Crippen molar-refractivity contribution in [3.8, 4) is 0 Å². The van der Waals surface area contributed by atoms with Gasteiger partial charge in [0.05, 0.1) is 36.3 Å². The molecule has 0 spiro atoms. The average molecular weight is 761 g/mol. The van der Waals surface area contributed by atoms with Gasteiger partial charge in [-0.2, -0.15) is 0 Å². The van der Waals surface area contributed by atoms with Gasteiger partial charge in [-0.25, -0.2) is 0 Å². The summed E-state index contributed by atoms with van der Waals surface area (Å²) >= 11 is 0. The first-order chi connectivity index (χ1) is 26.4. The number of carboxylic acids is 1. The average Bonchev–Trinajstić information content (AvgIpc) is 3.18. The fourth-order valence-electron chi connectivity index (χ4n) is 7.40. The van der Waals surface area contributed by atoms with Crippen LogP contribution >= 0.6 is 0 Å². The van der Waals surface area contributed by atoms with E-state index in [1.54, 1.807) is 13.8 Å². The van der Waals surface area contributed by atoms with E-state index in [9.17, 15) is 29.4 Å². The van der Waals surface area contributed by atoms with Gasteiger partial charge in [-0.1, -0.05) is 91.0 Å². The van der Waals surface area contributed by atoms with Crippen LogP contribution in [0.5, 0.6) is 0 Å². The van der Waals surface area contributed by atoms with Crippen LogP contribution in [0.3, 0.4) is 0 Å². The number of hydrogen-bond donors (Lipinski definition) is 4. The maximum Gasteiger partial charge on any atom is 0.326 e. The van der Waals surface area contributed by atoms with Gasteiger partial charge in [0.15, 0.2) is 0 Å². The van der Waals surface area contributed by atoms with Crippen LogP contribution < -0.4 is 5.73 Å². The van der Waals surface area contributed by atoms with Crippen LogP contribution in [-0.2, 0) is 53.1 Å². The third-order valence-corrected chi connectivity index (χ3v) is 10.6. The molecule has 12 nitrogen and oxygen atoms in total. The summed E-state index contributed by atoms with van der Waals surface area (Å²) in [5.41, 5.74) is 6.02. The number of nitrogens with zero attached hydrogens (tertiary/aromatic N) is 1. The number of hydrogen-bond acceptors (Lipinski definition) is 11. The molecule has 0 heterocycles. The van der Waals surface area contributed by atoms with Crippen LogP contribution in [0.25, 0.3) is 0 Å². The SMILES string of the molecule is CCOC(=O)C(N(Cc1ccccc1)Cc1ccccc1)C1(O)CCC(C(=O)OCc2ccccc2)CC1.CCOC(=O)C(N)C1(O)CCC(C(=O)O)CC1. The molecule has 5 rings (SSSR count). The van der Waals surface area contributed by atoms with Gasteiger partial charge in [0, 0.05) is 13.1 Å². The summed E-state index contributed by atoms with van der Waals surface area (Å²) in [6, 6.07) is 27.5. The molecule has 5 N–H and O–H groups in total. The minimum Gasteiger partial charge on any atom is -0.481 e. The molecule has 0 saturated heterocycles. The fraction of sp³-hybridized carbons (Fsp3) is 0.488. The Morgan fingerprint density at radius 3 is 1.53 bits per heavy atom. The Bertz CT molecular complexity index is 1600. The second-order valence-corrected chi connectivity index (χ2v) is 14.4. The second-order valence-electron chi connectivity index (χ2n) is 14.4. The molecule has 12 heteroatoms. The summed E-state index contributed by atoms with van der Waals surface area (Å²) in [6.45, 7) is 5.06. The molecule has 0 aliphatic heterocycles. The Labute approximate surface area is 323 Å². The zero-order valence-corrected chi connectivity index (χ0v) is 31.9. The summed E-state index contributed by atoms with van der Waals surface area (Å²) in [4.78, 5) is 50.4. The van der Waals surface area contributed by atoms with Crippen LogP contribution in [0, 0.1) is 11.8 Å². The van der Waals surface area contributed by atoms with E-state index in [0.29, 0.717) is 51.6 Å². The van der Waals surface area contributed by atoms with Gasteiger partial charge in [-0.3, -0.25) is 24.1 Å². The molecule has 55 heavy (non-hydrogen) atoms. The molecule has 298 valence electrons. The first-order valence-corrected chi connectivity index (χ1v) is 19.2. The van der Waals surface area contributed by atoms with Gasteiger partial charge in [-0.15, -0.1) is 0 Å². The number of aliphatic hydroxyl groups is 2. The molecular formula is C43H56N2O10. The molecule has 3 aromatic rings. The first-order valence-electron chi connectivity index (χ1n) is 19.2. The molecule has 0 amide bonds. The topological polar surface area (TPSA) is 186 Å². The van der Waals surface area contributed by atoms with Gasteiger partial charge in [-0.05, 0) is 81.9 Å². The summed E-state index contributed by atoms with van der Waals surface area (Å²) in [5, 5.41) is 31.0. The standard InChI is InChI=1S/C32H37NO5.C11H19NO5/c1-2-37-31(35)29(33(22-25-12-6-3-7-13-25)23-26-14-8-4-9-15-26)32(36)20-18-28(19-21-32)30(34)38-24-27-16-10-5-11-17-27;1-2-17-10(15)8(12)11(16)5-3-7(4-6-11)9(13)14/h3-17,28-29,36H,2,18-24H2,1H3;7-8,16H,2-6,12H2,1H3,(H,13,14). The van der Waals surface area contributed by atoms with Crippen molar-refractivity contribution >= 4 is 23.9 Å². The van der Waals surface area contributed by atoms with E-state index >= 15 is 0 Å². The molecule has 0 aromatic heterocycles. The second kappa shape index (κ2) is 20.9. The van der Waals surface area contributed by atoms with Crippen molar-refractivity contribution in [3.05, 3.63) is 108 Å². The number of ether oxygens (including phenoxy) is 3. The lowest BCUT2D eigenvalue weighted by molar-refractivity contribution is -0.169. The zero-order valence-electron chi connectivity index (χ0n) is 31.9. The van der Waals surface area contributed by atoms with Gasteiger partial charge in [0.1, 0.15) is 18.7 Å². The van der Waals surface area contributed by atoms with Gasteiger partial charge < -0.3 is 35.3 Å². The minimum atomic E-state index is -1.34. The number of carbonyl (C=O) groups excluding carboxylic acids is 3. The van der Waals surface area contributed by atoms with E-state index in [2.05, 4.69) is 0 Å². The maximum absolute atomic E-state index is 13.4. The van der Waals surface area contributed by atoms with Crippen molar-refractivity contribution in [2.75, 3.05) is 13.2 Å². The normalized spacial score (nSPS) is 23.3. The van der Waals surface area contributed by atoms with Gasteiger partial charge in [0.25, 0.3) is 0 Å². The lowest BCUT2D eigenvalue weighted by Gasteiger charge is -2.44. The number of carbonyl (C=O) groups is 4. The summed E-state index contributed by atoms with van der Waals surface area (Å²) in [7, 11) is 0. The molecule has 3 aromatic carbocycles. The van der Waals surface area contributed by atoms with Crippen molar-refractivity contribution < 1.29 is 48.7 Å². The lowest BCUT2D eigenvalue weighted by Crippen LogP contribution is -2.58. The van der Waals surface area contributed by atoms with Crippen molar-refractivity contribution in [3.63, 3.8) is 0 Å². The van der Waals surface area contributed by atoms with Crippen LogP contribution in [0.1, 0.15) is 81.9 Å². The molecule has 2 fully saturated rings. The highest BCUT2D eigenvalue weighted by atomic mass is 16.5. The van der Waals surface area contributed by atoms with Gasteiger partial charge >= 0.3 is 23.9 Å². The zero-order chi connectivity index (χ0) is 39.8. The number of carboxylic acid groups (broad SMARTS) is 1. The Kier molecular flexibility index (Phi) is 16.4. The largest absolute Gasteiger partial charge is 0.481 e. The lowest BCUT2D eigenvalue weighted by atomic mass is 9.74. The number of esters is 3. The first kappa shape index (κ1) is 43.1.